The van der Waals surface area contributed by atoms with E-state index in [1.165, 1.54) is 0 Å². The second-order valence-corrected chi connectivity index (χ2v) is 8.10. The molecule has 0 aromatic carbocycles. The average Bonchev–Trinajstić information content (AvgIpc) is 3.39. The van der Waals surface area contributed by atoms with E-state index in [0.717, 1.165) is 23.4 Å². The molecule has 0 N–H and O–H groups in total. The summed E-state index contributed by atoms with van der Waals surface area (Å²) in [6.45, 7) is 6.11. The summed E-state index contributed by atoms with van der Waals surface area (Å²) in [5, 5.41) is 8.18. The Morgan fingerprint density at radius 3 is 2.68 bits per heavy atom. The predicted octanol–water partition coefficient (Wildman–Crippen LogP) is 4.79. The number of amides is 1. The third-order valence-corrected chi connectivity index (χ3v) is 5.59. The molecule has 1 unspecified atom stereocenters. The maximum absolute atomic E-state index is 13.6. The van der Waals surface area contributed by atoms with E-state index >= 15 is 0 Å². The smallest absolute Gasteiger partial charge is 0.351 e. The van der Waals surface area contributed by atoms with Crippen LogP contribution in [0, 0.1) is 0 Å². The number of hydrogen-bond acceptors (Lipinski definition) is 5. The third-order valence-electron chi connectivity index (χ3n) is 5.59. The zero-order chi connectivity index (χ0) is 22.3. The fourth-order valence-electron chi connectivity index (χ4n) is 3.88. The van der Waals surface area contributed by atoms with Gasteiger partial charge >= 0.3 is 6.18 Å². The topological polar surface area (TPSA) is 76.5 Å². The molecule has 1 aliphatic rings. The minimum absolute atomic E-state index is 0.112. The fraction of sp³-hybridized carbons (Fsp3) is 0.524. The van der Waals surface area contributed by atoms with Crippen LogP contribution in [0.2, 0.25) is 0 Å². The number of rotatable bonds is 4. The van der Waals surface area contributed by atoms with E-state index in [0.29, 0.717) is 36.5 Å². The summed E-state index contributed by atoms with van der Waals surface area (Å²) in [4.78, 5) is 19.0. The molecule has 4 heterocycles. The van der Waals surface area contributed by atoms with Crippen molar-refractivity contribution in [2.24, 2.45) is 0 Å². The van der Waals surface area contributed by atoms with Crippen LogP contribution in [0.15, 0.2) is 22.7 Å². The van der Waals surface area contributed by atoms with E-state index in [1.54, 1.807) is 24.0 Å². The first-order chi connectivity index (χ1) is 14.7. The van der Waals surface area contributed by atoms with Gasteiger partial charge in [0.25, 0.3) is 5.91 Å². The van der Waals surface area contributed by atoms with Crippen molar-refractivity contribution in [2.75, 3.05) is 6.54 Å². The fourth-order valence-corrected chi connectivity index (χ4v) is 3.88. The highest BCUT2D eigenvalue weighted by Gasteiger charge is 2.37. The number of likely N-dealkylation sites (tertiary alicyclic amines) is 1. The zero-order valence-electron chi connectivity index (χ0n) is 17.6. The van der Waals surface area contributed by atoms with Crippen LogP contribution in [-0.2, 0) is 12.6 Å². The molecular weight excluding hydrogens is 411 g/mol. The van der Waals surface area contributed by atoms with Gasteiger partial charge < -0.3 is 9.42 Å². The van der Waals surface area contributed by atoms with Crippen molar-refractivity contribution in [1.82, 2.24) is 24.7 Å². The Hall–Kier alpha value is -2.91. The molecule has 0 spiro atoms. The number of nitrogens with zero attached hydrogens (tertiary/aromatic N) is 5. The molecule has 31 heavy (non-hydrogen) atoms. The lowest BCUT2D eigenvalue weighted by Gasteiger charge is -2.33. The second-order valence-electron chi connectivity index (χ2n) is 8.10. The number of fused-ring (bicyclic) bond motifs is 1. The van der Waals surface area contributed by atoms with Crippen molar-refractivity contribution >= 4 is 11.6 Å². The van der Waals surface area contributed by atoms with Crippen LogP contribution in [0.3, 0.4) is 0 Å². The third kappa shape index (κ3) is 4.03. The largest absolute Gasteiger partial charge is 0.433 e. The first-order valence-corrected chi connectivity index (χ1v) is 10.4. The molecule has 10 heteroatoms. The van der Waals surface area contributed by atoms with Gasteiger partial charge in [-0.05, 0) is 37.7 Å². The summed E-state index contributed by atoms with van der Waals surface area (Å²) in [6.07, 6.45) is -1.95. The minimum atomic E-state index is -4.57. The van der Waals surface area contributed by atoms with Crippen LogP contribution in [0.25, 0.3) is 5.65 Å². The van der Waals surface area contributed by atoms with Gasteiger partial charge in [0.15, 0.2) is 5.65 Å². The Bertz CT molecular complexity index is 1100. The van der Waals surface area contributed by atoms with E-state index < -0.39 is 17.9 Å². The predicted molar refractivity (Wildman–Crippen MR) is 106 cm³/mol. The van der Waals surface area contributed by atoms with Gasteiger partial charge in [0.2, 0.25) is 5.76 Å². The van der Waals surface area contributed by atoms with Crippen LogP contribution in [0.1, 0.15) is 85.3 Å². The van der Waals surface area contributed by atoms with Crippen molar-refractivity contribution in [1.29, 1.82) is 0 Å². The van der Waals surface area contributed by atoms with Gasteiger partial charge in [-0.2, -0.15) is 18.3 Å². The van der Waals surface area contributed by atoms with Crippen molar-refractivity contribution in [3.8, 4) is 0 Å². The van der Waals surface area contributed by atoms with E-state index in [2.05, 4.69) is 15.2 Å². The Balaban J connectivity index is 1.73. The van der Waals surface area contributed by atoms with Crippen LogP contribution in [0.4, 0.5) is 13.2 Å². The maximum Gasteiger partial charge on any atom is 0.433 e. The number of aromatic nitrogens is 4. The van der Waals surface area contributed by atoms with Crippen molar-refractivity contribution < 1.29 is 22.5 Å². The van der Waals surface area contributed by atoms with Crippen molar-refractivity contribution in [3.63, 3.8) is 0 Å². The normalized spacial score (nSPS) is 17.6. The Morgan fingerprint density at radius 2 is 2.03 bits per heavy atom. The Labute approximate surface area is 177 Å². The lowest BCUT2D eigenvalue weighted by Crippen LogP contribution is -2.38. The molecule has 1 aliphatic heterocycles. The first kappa shape index (κ1) is 21.3. The minimum Gasteiger partial charge on any atom is -0.351 e. The van der Waals surface area contributed by atoms with Gasteiger partial charge in [0.1, 0.15) is 5.69 Å². The molecule has 1 atom stereocenters. The molecule has 0 radical (unpaired) electrons. The zero-order valence-corrected chi connectivity index (χ0v) is 17.6. The summed E-state index contributed by atoms with van der Waals surface area (Å²) in [6, 6.07) is 3.74. The lowest BCUT2D eigenvalue weighted by molar-refractivity contribution is -0.142. The summed E-state index contributed by atoms with van der Waals surface area (Å²) >= 11 is 0. The van der Waals surface area contributed by atoms with Crippen molar-refractivity contribution in [2.45, 2.75) is 64.6 Å². The van der Waals surface area contributed by atoms with E-state index in [4.69, 9.17) is 4.52 Å². The molecule has 1 saturated heterocycles. The van der Waals surface area contributed by atoms with Gasteiger partial charge in [-0.25, -0.2) is 9.50 Å². The van der Waals surface area contributed by atoms with E-state index in [9.17, 15) is 18.0 Å². The summed E-state index contributed by atoms with van der Waals surface area (Å²) in [5.74, 6) is -0.0957. The van der Waals surface area contributed by atoms with E-state index in [-0.39, 0.29) is 23.2 Å². The van der Waals surface area contributed by atoms with Crippen LogP contribution >= 0.6 is 0 Å². The molecule has 0 bridgehead atoms. The van der Waals surface area contributed by atoms with E-state index in [1.807, 2.05) is 13.8 Å². The number of halogens is 3. The Kier molecular flexibility index (Phi) is 5.49. The SMILES string of the molecule is CCc1cc(C(F)(F)F)n2nc(C3CCCCN3C(=O)c3cc(C(C)C)no3)cc2n1. The molecule has 7 nitrogen and oxygen atoms in total. The molecular formula is C21H24F3N5O2. The highest BCUT2D eigenvalue weighted by Crippen LogP contribution is 2.34. The highest BCUT2D eigenvalue weighted by molar-refractivity contribution is 5.91. The molecule has 4 rings (SSSR count). The molecule has 3 aromatic heterocycles. The lowest BCUT2D eigenvalue weighted by atomic mass is 9.99. The second kappa shape index (κ2) is 7.97. The molecule has 3 aromatic rings. The maximum atomic E-state index is 13.6. The number of carbonyl (C=O) groups is 1. The average molecular weight is 435 g/mol. The monoisotopic (exact) mass is 435 g/mol. The number of aryl methyl sites for hydroxylation is 1. The van der Waals surface area contributed by atoms with Gasteiger partial charge in [0.05, 0.1) is 17.4 Å². The molecule has 166 valence electrons. The van der Waals surface area contributed by atoms with Gasteiger partial charge in [-0.1, -0.05) is 25.9 Å². The van der Waals surface area contributed by atoms with Crippen LogP contribution < -0.4 is 0 Å². The quantitative estimate of drug-likeness (QED) is 0.589. The van der Waals surface area contributed by atoms with Gasteiger partial charge in [-0.15, -0.1) is 0 Å². The van der Waals surface area contributed by atoms with Crippen LogP contribution in [0.5, 0.6) is 0 Å². The highest BCUT2D eigenvalue weighted by atomic mass is 19.4. The molecule has 0 saturated carbocycles. The number of hydrogen-bond donors (Lipinski definition) is 0. The van der Waals surface area contributed by atoms with Gasteiger partial charge in [0, 0.05) is 24.4 Å². The summed E-state index contributed by atoms with van der Waals surface area (Å²) < 4.78 is 46.9. The van der Waals surface area contributed by atoms with Gasteiger partial charge in [-0.3, -0.25) is 4.79 Å². The summed E-state index contributed by atoms with van der Waals surface area (Å²) in [5.41, 5.74) is 0.664. The van der Waals surface area contributed by atoms with Crippen molar-refractivity contribution in [3.05, 3.63) is 46.7 Å². The molecule has 1 fully saturated rings. The standard InChI is InChI=1S/C21H24F3N5O2/c1-4-13-9-18(21(22,23)24)29-19(25-13)11-15(26-29)16-7-5-6-8-28(16)20(30)17-10-14(12(2)3)27-31-17/h9-12,16H,4-8H2,1-3H3. The number of piperidine rings is 1. The van der Waals surface area contributed by atoms with Crippen LogP contribution in [-0.4, -0.2) is 37.1 Å². The molecule has 1 amide bonds. The number of alkyl halides is 3. The Morgan fingerprint density at radius 1 is 1.26 bits per heavy atom. The molecule has 0 aliphatic carbocycles. The number of carbonyl (C=O) groups excluding carboxylic acids is 1. The summed E-state index contributed by atoms with van der Waals surface area (Å²) in [7, 11) is 0. The first-order valence-electron chi connectivity index (χ1n) is 10.4.